The Hall–Kier alpha value is -0.830. The van der Waals surface area contributed by atoms with Gasteiger partial charge in [0.25, 0.3) is 0 Å². The second-order valence-corrected chi connectivity index (χ2v) is 5.06. The van der Waals surface area contributed by atoms with E-state index in [1.54, 1.807) is 0 Å². The quantitative estimate of drug-likeness (QED) is 0.820. The molecular weight excluding hydrogens is 186 g/mol. The molecule has 1 aromatic rings. The zero-order valence-corrected chi connectivity index (χ0v) is 9.90. The fourth-order valence-corrected chi connectivity index (χ4v) is 2.29. The van der Waals surface area contributed by atoms with Crippen molar-refractivity contribution in [2.24, 2.45) is 5.92 Å². The molecule has 1 fully saturated rings. The van der Waals surface area contributed by atoms with E-state index < -0.39 is 0 Å². The van der Waals surface area contributed by atoms with Gasteiger partial charge in [0.15, 0.2) is 0 Å². The van der Waals surface area contributed by atoms with Crippen LogP contribution in [-0.2, 0) is 0 Å². The van der Waals surface area contributed by atoms with E-state index in [4.69, 9.17) is 0 Å². The number of hydrogen-bond acceptors (Lipinski definition) is 2. The Morgan fingerprint density at radius 1 is 1.47 bits per heavy atom. The Labute approximate surface area is 91.9 Å². The molecule has 0 aliphatic carbocycles. The van der Waals surface area contributed by atoms with Gasteiger partial charge >= 0.3 is 0 Å². The second kappa shape index (κ2) is 4.35. The van der Waals surface area contributed by atoms with Crippen LogP contribution in [0.3, 0.4) is 0 Å². The van der Waals surface area contributed by atoms with Gasteiger partial charge in [-0.1, -0.05) is 13.8 Å². The van der Waals surface area contributed by atoms with Gasteiger partial charge < -0.3 is 9.88 Å². The lowest BCUT2D eigenvalue weighted by Crippen LogP contribution is -2.41. The van der Waals surface area contributed by atoms with E-state index in [1.165, 1.54) is 12.1 Å². The molecule has 1 aliphatic rings. The third kappa shape index (κ3) is 2.23. The average molecular weight is 207 g/mol. The van der Waals surface area contributed by atoms with Crippen molar-refractivity contribution in [1.82, 2.24) is 14.9 Å². The highest BCUT2D eigenvalue weighted by Gasteiger charge is 2.23. The minimum Gasteiger partial charge on any atom is -0.331 e. The third-order valence-electron chi connectivity index (χ3n) is 3.18. The molecule has 2 rings (SSSR count). The van der Waals surface area contributed by atoms with Crippen LogP contribution in [0.2, 0.25) is 0 Å². The molecule has 3 nitrogen and oxygen atoms in total. The lowest BCUT2D eigenvalue weighted by Gasteiger charge is -2.30. The van der Waals surface area contributed by atoms with Crippen molar-refractivity contribution in [2.45, 2.75) is 39.2 Å². The number of rotatable bonds is 4. The van der Waals surface area contributed by atoms with Crippen molar-refractivity contribution in [2.75, 3.05) is 13.1 Å². The molecule has 2 heterocycles. The molecule has 3 heteroatoms. The molecule has 84 valence electrons. The molecule has 1 aromatic heterocycles. The Balaban J connectivity index is 2.09. The van der Waals surface area contributed by atoms with Gasteiger partial charge in [0, 0.05) is 36.9 Å². The van der Waals surface area contributed by atoms with Gasteiger partial charge in [-0.05, 0) is 19.3 Å². The maximum Gasteiger partial charge on any atom is 0.0950 e. The van der Waals surface area contributed by atoms with Crippen molar-refractivity contribution >= 4 is 0 Å². The summed E-state index contributed by atoms with van der Waals surface area (Å²) in [7, 11) is 0. The fourth-order valence-electron chi connectivity index (χ4n) is 2.29. The smallest absolute Gasteiger partial charge is 0.0950 e. The molecule has 0 saturated carbocycles. The minimum atomic E-state index is 0.572. The summed E-state index contributed by atoms with van der Waals surface area (Å²) in [4.78, 5) is 4.29. The van der Waals surface area contributed by atoms with Gasteiger partial charge in [-0.25, -0.2) is 4.98 Å². The molecule has 0 radical (unpaired) electrons. The van der Waals surface area contributed by atoms with Crippen LogP contribution in [0.15, 0.2) is 12.5 Å². The van der Waals surface area contributed by atoms with Crippen molar-refractivity contribution in [3.05, 3.63) is 18.2 Å². The maximum atomic E-state index is 4.29. The molecular formula is C12H21N3. The zero-order valence-electron chi connectivity index (χ0n) is 9.90. The Bertz CT molecular complexity index is 312. The molecule has 0 spiro atoms. The standard InChI is InChI=1S/C12H21N3/c1-9(2)4-10(3)15-8-14-7-12(15)11-5-13-6-11/h7-11,13H,4-6H2,1-3H3. The van der Waals surface area contributed by atoms with Crippen molar-refractivity contribution < 1.29 is 0 Å². The van der Waals surface area contributed by atoms with E-state index in [1.807, 2.05) is 12.5 Å². The Morgan fingerprint density at radius 3 is 2.73 bits per heavy atom. The first-order valence-corrected chi connectivity index (χ1v) is 5.91. The first kappa shape index (κ1) is 10.7. The predicted molar refractivity (Wildman–Crippen MR) is 62.0 cm³/mol. The zero-order chi connectivity index (χ0) is 10.8. The van der Waals surface area contributed by atoms with Crippen LogP contribution in [0.4, 0.5) is 0 Å². The van der Waals surface area contributed by atoms with Crippen molar-refractivity contribution in [3.8, 4) is 0 Å². The van der Waals surface area contributed by atoms with E-state index >= 15 is 0 Å². The summed E-state index contributed by atoms with van der Waals surface area (Å²) < 4.78 is 2.35. The Morgan fingerprint density at radius 2 is 2.20 bits per heavy atom. The fraction of sp³-hybridized carbons (Fsp3) is 0.750. The lowest BCUT2D eigenvalue weighted by atomic mass is 9.98. The van der Waals surface area contributed by atoms with Crippen LogP contribution in [0.5, 0.6) is 0 Å². The predicted octanol–water partition coefficient (Wildman–Crippen LogP) is 2.18. The summed E-state index contributed by atoms with van der Waals surface area (Å²) in [6, 6.07) is 0.572. The van der Waals surface area contributed by atoms with Gasteiger partial charge in [-0.3, -0.25) is 0 Å². The average Bonchev–Trinajstić information content (AvgIpc) is 2.48. The molecule has 1 aliphatic heterocycles. The first-order valence-electron chi connectivity index (χ1n) is 5.91. The first-order chi connectivity index (χ1) is 7.18. The van der Waals surface area contributed by atoms with Crippen LogP contribution in [-0.4, -0.2) is 22.6 Å². The summed E-state index contributed by atoms with van der Waals surface area (Å²) in [5.41, 5.74) is 1.40. The summed E-state index contributed by atoms with van der Waals surface area (Å²) >= 11 is 0. The number of aromatic nitrogens is 2. The van der Waals surface area contributed by atoms with Gasteiger partial charge in [0.05, 0.1) is 6.33 Å². The maximum absolute atomic E-state index is 4.29. The van der Waals surface area contributed by atoms with Crippen LogP contribution in [0.1, 0.15) is 44.8 Å². The van der Waals surface area contributed by atoms with Gasteiger partial charge in [-0.15, -0.1) is 0 Å². The molecule has 1 saturated heterocycles. The number of nitrogens with zero attached hydrogens (tertiary/aromatic N) is 2. The summed E-state index contributed by atoms with van der Waals surface area (Å²) in [6.07, 6.45) is 5.24. The minimum absolute atomic E-state index is 0.572. The van der Waals surface area contributed by atoms with E-state index in [-0.39, 0.29) is 0 Å². The molecule has 1 unspecified atom stereocenters. The summed E-state index contributed by atoms with van der Waals surface area (Å²) in [6.45, 7) is 9.06. The topological polar surface area (TPSA) is 29.9 Å². The van der Waals surface area contributed by atoms with Crippen LogP contribution < -0.4 is 5.32 Å². The highest BCUT2D eigenvalue weighted by atomic mass is 15.1. The Kier molecular flexibility index (Phi) is 3.10. The monoisotopic (exact) mass is 207 g/mol. The molecule has 0 bridgehead atoms. The van der Waals surface area contributed by atoms with Gasteiger partial charge in [-0.2, -0.15) is 0 Å². The van der Waals surface area contributed by atoms with E-state index in [2.05, 4.69) is 35.6 Å². The SMILES string of the molecule is CC(C)CC(C)n1cncc1C1CNC1. The van der Waals surface area contributed by atoms with E-state index in [0.717, 1.165) is 19.0 Å². The van der Waals surface area contributed by atoms with Gasteiger partial charge in [0.1, 0.15) is 0 Å². The summed E-state index contributed by atoms with van der Waals surface area (Å²) in [5, 5.41) is 3.32. The van der Waals surface area contributed by atoms with Gasteiger partial charge in [0.2, 0.25) is 0 Å². The molecule has 1 N–H and O–H groups in total. The summed E-state index contributed by atoms with van der Waals surface area (Å²) in [5.74, 6) is 1.43. The molecule has 0 aromatic carbocycles. The second-order valence-electron chi connectivity index (χ2n) is 5.06. The number of nitrogens with one attached hydrogen (secondary N) is 1. The van der Waals surface area contributed by atoms with E-state index in [9.17, 15) is 0 Å². The van der Waals surface area contributed by atoms with Crippen molar-refractivity contribution in [1.29, 1.82) is 0 Å². The van der Waals surface area contributed by atoms with Crippen molar-refractivity contribution in [3.63, 3.8) is 0 Å². The van der Waals surface area contributed by atoms with Crippen LogP contribution >= 0.6 is 0 Å². The largest absolute Gasteiger partial charge is 0.331 e. The number of hydrogen-bond donors (Lipinski definition) is 1. The normalized spacial score (nSPS) is 19.2. The number of imidazole rings is 1. The third-order valence-corrected chi connectivity index (χ3v) is 3.18. The molecule has 15 heavy (non-hydrogen) atoms. The van der Waals surface area contributed by atoms with Crippen LogP contribution in [0, 0.1) is 5.92 Å². The van der Waals surface area contributed by atoms with E-state index in [0.29, 0.717) is 12.0 Å². The lowest BCUT2D eigenvalue weighted by molar-refractivity contribution is 0.378. The highest BCUT2D eigenvalue weighted by Crippen LogP contribution is 2.25. The molecule has 0 amide bonds. The van der Waals surface area contributed by atoms with Crippen LogP contribution in [0.25, 0.3) is 0 Å². The highest BCUT2D eigenvalue weighted by molar-refractivity contribution is 5.12. The molecule has 1 atom stereocenters.